The molecule has 1 fully saturated rings. The molecular formula is C18H16ClF2NO4. The van der Waals surface area contributed by atoms with Crippen molar-refractivity contribution in [3.8, 4) is 5.75 Å². The Bertz CT molecular complexity index is 805. The van der Waals surface area contributed by atoms with Crippen molar-refractivity contribution in [1.82, 2.24) is 4.90 Å². The maximum atomic E-state index is 13.7. The lowest BCUT2D eigenvalue weighted by molar-refractivity contribution is -0.0754. The van der Waals surface area contributed by atoms with Crippen LogP contribution in [0.4, 0.5) is 13.6 Å². The number of benzene rings is 2. The largest absolute Gasteiger partial charge is 0.481 e. The molecule has 0 saturated carbocycles. The molecular weight excluding hydrogens is 368 g/mol. The molecule has 5 nitrogen and oxygen atoms in total. The number of carbonyl (C=O) groups is 1. The van der Waals surface area contributed by atoms with Gasteiger partial charge in [0.2, 0.25) is 0 Å². The van der Waals surface area contributed by atoms with E-state index in [0.29, 0.717) is 5.56 Å². The molecule has 0 aromatic heterocycles. The summed E-state index contributed by atoms with van der Waals surface area (Å²) in [7, 11) is 0. The van der Waals surface area contributed by atoms with Crippen molar-refractivity contribution in [3.05, 3.63) is 64.7 Å². The lowest BCUT2D eigenvalue weighted by Gasteiger charge is -2.36. The molecule has 1 N–H and O–H groups in total. The van der Waals surface area contributed by atoms with E-state index in [2.05, 4.69) is 0 Å². The summed E-state index contributed by atoms with van der Waals surface area (Å²) in [5.41, 5.74) is 0.461. The van der Waals surface area contributed by atoms with Gasteiger partial charge in [0.25, 0.3) is 0 Å². The monoisotopic (exact) mass is 383 g/mol. The number of rotatable bonds is 4. The molecule has 0 spiro atoms. The van der Waals surface area contributed by atoms with Crippen LogP contribution in [0.3, 0.4) is 0 Å². The highest BCUT2D eigenvalue weighted by molar-refractivity contribution is 6.32. The quantitative estimate of drug-likeness (QED) is 0.863. The normalized spacial score (nSPS) is 18.4. The first-order valence-electron chi connectivity index (χ1n) is 7.90. The molecule has 0 radical (unpaired) electrons. The van der Waals surface area contributed by atoms with E-state index in [4.69, 9.17) is 21.1 Å². The van der Waals surface area contributed by atoms with Gasteiger partial charge in [0.15, 0.2) is 6.10 Å². The third kappa shape index (κ3) is 4.23. The van der Waals surface area contributed by atoms with E-state index in [1.54, 1.807) is 6.07 Å². The highest BCUT2D eigenvalue weighted by atomic mass is 35.5. The number of hydrogen-bond acceptors (Lipinski definition) is 3. The van der Waals surface area contributed by atoms with Crippen molar-refractivity contribution in [3.63, 3.8) is 0 Å². The van der Waals surface area contributed by atoms with E-state index >= 15 is 0 Å². The lowest BCUT2D eigenvalue weighted by Crippen LogP contribution is -2.48. The molecule has 2 aromatic rings. The number of carboxylic acid groups (broad SMARTS) is 1. The van der Waals surface area contributed by atoms with Gasteiger partial charge in [-0.1, -0.05) is 23.7 Å². The van der Waals surface area contributed by atoms with Crippen LogP contribution in [-0.4, -0.2) is 41.9 Å². The van der Waals surface area contributed by atoms with Gasteiger partial charge in [0.1, 0.15) is 23.5 Å². The second-order valence-electron chi connectivity index (χ2n) is 5.81. The molecule has 2 aromatic carbocycles. The average Bonchev–Trinajstić information content (AvgIpc) is 2.61. The van der Waals surface area contributed by atoms with Crippen LogP contribution in [0.25, 0.3) is 0 Å². The van der Waals surface area contributed by atoms with Crippen molar-refractivity contribution < 1.29 is 28.2 Å². The van der Waals surface area contributed by atoms with Crippen LogP contribution in [-0.2, 0) is 4.74 Å². The zero-order valence-electron chi connectivity index (χ0n) is 13.6. The van der Waals surface area contributed by atoms with Gasteiger partial charge in [-0.3, -0.25) is 0 Å². The average molecular weight is 384 g/mol. The van der Waals surface area contributed by atoms with E-state index in [0.717, 1.165) is 6.07 Å². The Balaban J connectivity index is 1.92. The summed E-state index contributed by atoms with van der Waals surface area (Å²) >= 11 is 6.03. The first-order valence-corrected chi connectivity index (χ1v) is 8.28. The van der Waals surface area contributed by atoms with E-state index in [-0.39, 0.29) is 30.5 Å². The van der Waals surface area contributed by atoms with Crippen molar-refractivity contribution in [2.24, 2.45) is 0 Å². The fraction of sp³-hybridized carbons (Fsp3) is 0.278. The summed E-state index contributed by atoms with van der Waals surface area (Å²) in [6.07, 6.45) is -2.57. The van der Waals surface area contributed by atoms with Crippen molar-refractivity contribution >= 4 is 17.7 Å². The van der Waals surface area contributed by atoms with Crippen LogP contribution in [0.5, 0.6) is 5.75 Å². The molecule has 138 valence electrons. The number of amides is 1. The predicted octanol–water partition coefficient (Wildman–Crippen LogP) is 4.12. The number of ether oxygens (including phenoxy) is 2. The summed E-state index contributed by atoms with van der Waals surface area (Å²) in [4.78, 5) is 12.5. The maximum absolute atomic E-state index is 13.7. The first kappa shape index (κ1) is 18.4. The third-order valence-corrected chi connectivity index (χ3v) is 4.32. The molecule has 1 heterocycles. The van der Waals surface area contributed by atoms with E-state index in [1.807, 2.05) is 0 Å². The zero-order valence-corrected chi connectivity index (χ0v) is 14.3. The summed E-state index contributed by atoms with van der Waals surface area (Å²) < 4.78 is 38.5. The van der Waals surface area contributed by atoms with E-state index in [1.165, 1.54) is 35.2 Å². The molecule has 1 aliphatic heterocycles. The number of halogens is 3. The van der Waals surface area contributed by atoms with Crippen molar-refractivity contribution in [2.45, 2.75) is 12.2 Å². The minimum atomic E-state index is -1.07. The Hall–Kier alpha value is -2.38. The fourth-order valence-corrected chi connectivity index (χ4v) is 2.99. The molecule has 0 unspecified atom stereocenters. The summed E-state index contributed by atoms with van der Waals surface area (Å²) in [5.74, 6) is -0.791. The van der Waals surface area contributed by atoms with Crippen LogP contribution in [0.2, 0.25) is 5.02 Å². The van der Waals surface area contributed by atoms with Gasteiger partial charge in [-0.05, 0) is 35.9 Å². The zero-order chi connectivity index (χ0) is 18.7. The van der Waals surface area contributed by atoms with Gasteiger partial charge < -0.3 is 19.5 Å². The Morgan fingerprint density at radius 1 is 1.27 bits per heavy atom. The van der Waals surface area contributed by atoms with Gasteiger partial charge in [0.05, 0.1) is 18.2 Å². The second-order valence-corrected chi connectivity index (χ2v) is 6.21. The molecule has 0 bridgehead atoms. The Morgan fingerprint density at radius 3 is 2.73 bits per heavy atom. The topological polar surface area (TPSA) is 59.0 Å². The fourth-order valence-electron chi connectivity index (χ4n) is 2.78. The highest BCUT2D eigenvalue weighted by Crippen LogP contribution is 2.33. The number of nitrogens with zero attached hydrogens (tertiary/aromatic N) is 1. The van der Waals surface area contributed by atoms with Crippen LogP contribution in [0.1, 0.15) is 11.7 Å². The molecule has 8 heteroatoms. The Kier molecular flexibility index (Phi) is 5.58. The molecule has 2 atom stereocenters. The first-order chi connectivity index (χ1) is 12.4. The van der Waals surface area contributed by atoms with Gasteiger partial charge in [0, 0.05) is 6.54 Å². The standard InChI is InChI=1S/C18H16ClF2NO4/c19-14-9-13(21)4-5-15(14)26-17(11-2-1-3-12(20)8-11)16-10-22(18(23)24)6-7-25-16/h1-5,8-9,16-17H,6-7,10H2,(H,23,24)/t16-,17-/m0/s1. The lowest BCUT2D eigenvalue weighted by atomic mass is 10.0. The second kappa shape index (κ2) is 7.88. The van der Waals surface area contributed by atoms with E-state index < -0.39 is 29.9 Å². The summed E-state index contributed by atoms with van der Waals surface area (Å²) in [6, 6.07) is 9.39. The molecule has 1 aliphatic rings. The molecule has 1 saturated heterocycles. The van der Waals surface area contributed by atoms with Gasteiger partial charge in [-0.2, -0.15) is 0 Å². The number of morpholine rings is 1. The van der Waals surface area contributed by atoms with Crippen LogP contribution in [0.15, 0.2) is 42.5 Å². The van der Waals surface area contributed by atoms with Crippen LogP contribution >= 0.6 is 11.6 Å². The third-order valence-electron chi connectivity index (χ3n) is 4.03. The molecule has 26 heavy (non-hydrogen) atoms. The number of hydrogen-bond donors (Lipinski definition) is 1. The maximum Gasteiger partial charge on any atom is 0.407 e. The minimum absolute atomic E-state index is 0.0509. The van der Waals surface area contributed by atoms with Crippen LogP contribution < -0.4 is 4.74 Å². The Labute approximate surface area is 153 Å². The van der Waals surface area contributed by atoms with E-state index in [9.17, 15) is 18.7 Å². The van der Waals surface area contributed by atoms with Crippen LogP contribution in [0, 0.1) is 11.6 Å². The molecule has 0 aliphatic carbocycles. The van der Waals surface area contributed by atoms with Crippen molar-refractivity contribution in [2.75, 3.05) is 19.7 Å². The van der Waals surface area contributed by atoms with Gasteiger partial charge in [-0.25, -0.2) is 13.6 Å². The SMILES string of the molecule is O=C(O)N1CCO[C@H]([C@@H](Oc2ccc(F)cc2Cl)c2cccc(F)c2)C1. The van der Waals surface area contributed by atoms with Crippen molar-refractivity contribution in [1.29, 1.82) is 0 Å². The smallest absolute Gasteiger partial charge is 0.407 e. The minimum Gasteiger partial charge on any atom is -0.481 e. The predicted molar refractivity (Wildman–Crippen MR) is 90.5 cm³/mol. The summed E-state index contributed by atoms with van der Waals surface area (Å²) in [6.45, 7) is 0.470. The molecule has 1 amide bonds. The Morgan fingerprint density at radius 2 is 2.04 bits per heavy atom. The summed E-state index contributed by atoms with van der Waals surface area (Å²) in [5, 5.41) is 9.28. The van der Waals surface area contributed by atoms with Gasteiger partial charge >= 0.3 is 6.09 Å². The molecule has 3 rings (SSSR count). The van der Waals surface area contributed by atoms with Gasteiger partial charge in [-0.15, -0.1) is 0 Å². The highest BCUT2D eigenvalue weighted by Gasteiger charge is 2.33.